The van der Waals surface area contributed by atoms with E-state index in [0.29, 0.717) is 35.7 Å². The second kappa shape index (κ2) is 10.3. The van der Waals surface area contributed by atoms with E-state index < -0.39 is 5.97 Å². The summed E-state index contributed by atoms with van der Waals surface area (Å²) < 4.78 is 0. The molecule has 3 N–H and O–H groups in total. The van der Waals surface area contributed by atoms with Crippen molar-refractivity contribution in [3.63, 3.8) is 0 Å². The van der Waals surface area contributed by atoms with Gasteiger partial charge in [-0.1, -0.05) is 37.1 Å². The first-order chi connectivity index (χ1) is 14.7. The van der Waals surface area contributed by atoms with Gasteiger partial charge >= 0.3 is 5.97 Å². The zero-order chi connectivity index (χ0) is 22.5. The summed E-state index contributed by atoms with van der Waals surface area (Å²) in [5.74, 6) is 1.69. The number of benzene rings is 1. The lowest BCUT2D eigenvalue weighted by molar-refractivity contribution is -0.137. The van der Waals surface area contributed by atoms with Crippen molar-refractivity contribution in [2.45, 2.75) is 52.9 Å². The predicted octanol–water partition coefficient (Wildman–Crippen LogP) is 4.98. The van der Waals surface area contributed by atoms with Crippen LogP contribution < -0.4 is 5.32 Å². The molecule has 3 rings (SSSR count). The van der Waals surface area contributed by atoms with Gasteiger partial charge in [-0.25, -0.2) is 4.98 Å². The number of hydrogen-bond acceptors (Lipinski definition) is 3. The number of rotatable bonds is 9. The highest BCUT2D eigenvalue weighted by Gasteiger charge is 2.32. The highest BCUT2D eigenvalue weighted by Crippen LogP contribution is 2.38. The molecule has 0 unspecified atom stereocenters. The SMILES string of the molecule is CC1=C[C@@H](CNC(=O)CCCC(=O)O)[C@H](C(C)C)C[C@H]1Cc1nc2ccc(Cl)cc2[nH]1. The van der Waals surface area contributed by atoms with E-state index in [1.807, 2.05) is 18.2 Å². The smallest absolute Gasteiger partial charge is 0.303 e. The number of nitrogens with one attached hydrogen (secondary N) is 2. The number of aromatic nitrogens is 2. The van der Waals surface area contributed by atoms with Gasteiger partial charge in [0.05, 0.1) is 11.0 Å². The summed E-state index contributed by atoms with van der Waals surface area (Å²) in [6, 6.07) is 5.70. The van der Waals surface area contributed by atoms with Crippen LogP contribution in [-0.4, -0.2) is 33.5 Å². The van der Waals surface area contributed by atoms with Gasteiger partial charge in [-0.3, -0.25) is 9.59 Å². The minimum absolute atomic E-state index is 0.0279. The number of H-pyrrole nitrogens is 1. The average Bonchev–Trinajstić information content (AvgIpc) is 3.08. The molecule has 1 aromatic carbocycles. The molecule has 0 bridgehead atoms. The topological polar surface area (TPSA) is 95.1 Å². The molecule has 0 fully saturated rings. The molecule has 0 radical (unpaired) electrons. The van der Waals surface area contributed by atoms with Crippen LogP contribution in [0.15, 0.2) is 29.8 Å². The van der Waals surface area contributed by atoms with Crippen LogP contribution >= 0.6 is 11.6 Å². The molecule has 0 saturated heterocycles. The first-order valence-electron chi connectivity index (χ1n) is 11.0. The Morgan fingerprint density at radius 1 is 1.32 bits per heavy atom. The van der Waals surface area contributed by atoms with Crippen molar-refractivity contribution >= 4 is 34.5 Å². The number of halogens is 1. The number of carbonyl (C=O) groups excluding carboxylic acids is 1. The molecule has 1 aliphatic carbocycles. The number of fused-ring (bicyclic) bond motifs is 1. The molecule has 6 nitrogen and oxygen atoms in total. The van der Waals surface area contributed by atoms with E-state index in [4.69, 9.17) is 21.7 Å². The van der Waals surface area contributed by atoms with Crippen molar-refractivity contribution in [2.75, 3.05) is 6.54 Å². The van der Waals surface area contributed by atoms with Gasteiger partial charge in [0.15, 0.2) is 0 Å². The Morgan fingerprint density at radius 3 is 2.81 bits per heavy atom. The molecular formula is C24H32ClN3O3. The number of imidazole rings is 1. The van der Waals surface area contributed by atoms with E-state index in [0.717, 1.165) is 29.7 Å². The fourth-order valence-corrected chi connectivity index (χ4v) is 4.76. The zero-order valence-electron chi connectivity index (χ0n) is 18.5. The predicted molar refractivity (Wildman–Crippen MR) is 123 cm³/mol. The van der Waals surface area contributed by atoms with Gasteiger partial charge in [-0.15, -0.1) is 0 Å². The number of aliphatic carboxylic acids is 1. The lowest BCUT2D eigenvalue weighted by atomic mass is 9.69. The minimum Gasteiger partial charge on any atom is -0.481 e. The van der Waals surface area contributed by atoms with Crippen molar-refractivity contribution in [2.24, 2.45) is 23.7 Å². The van der Waals surface area contributed by atoms with Crippen molar-refractivity contribution < 1.29 is 14.7 Å². The Hall–Kier alpha value is -2.34. The van der Waals surface area contributed by atoms with E-state index in [1.54, 1.807) is 0 Å². The van der Waals surface area contributed by atoms with Gasteiger partial charge in [-0.2, -0.15) is 0 Å². The third-order valence-corrected chi connectivity index (χ3v) is 6.58. The van der Waals surface area contributed by atoms with Crippen LogP contribution in [0, 0.1) is 23.7 Å². The fraction of sp³-hybridized carbons (Fsp3) is 0.542. The molecule has 3 atom stereocenters. The van der Waals surface area contributed by atoms with Crippen LogP contribution in [0.4, 0.5) is 0 Å². The highest BCUT2D eigenvalue weighted by molar-refractivity contribution is 6.31. The molecular weight excluding hydrogens is 414 g/mol. The molecule has 0 aliphatic heterocycles. The van der Waals surface area contributed by atoms with Gasteiger partial charge < -0.3 is 15.4 Å². The average molecular weight is 446 g/mol. The van der Waals surface area contributed by atoms with E-state index in [-0.39, 0.29) is 24.7 Å². The van der Waals surface area contributed by atoms with Crippen molar-refractivity contribution in [3.05, 3.63) is 40.7 Å². The van der Waals surface area contributed by atoms with Gasteiger partial charge in [0, 0.05) is 30.8 Å². The number of amides is 1. The molecule has 31 heavy (non-hydrogen) atoms. The van der Waals surface area contributed by atoms with Crippen molar-refractivity contribution in [1.29, 1.82) is 0 Å². The number of aromatic amines is 1. The lowest BCUT2D eigenvalue weighted by Crippen LogP contribution is -2.37. The standard InChI is InChI=1S/C24H32ClN3O3/c1-14(2)19-10-16(11-22-27-20-8-7-18(25)12-21(20)28-22)15(3)9-17(19)13-26-23(29)5-4-6-24(30)31/h7-9,12,14,16-17,19H,4-6,10-11,13H2,1-3H3,(H,26,29)(H,27,28)(H,30,31)/t16-,17-,19-/m0/s1. The third-order valence-electron chi connectivity index (χ3n) is 6.35. The van der Waals surface area contributed by atoms with E-state index in [9.17, 15) is 9.59 Å². The van der Waals surface area contributed by atoms with Crippen molar-refractivity contribution in [3.8, 4) is 0 Å². The molecule has 1 heterocycles. The van der Waals surface area contributed by atoms with Gasteiger partial charge in [0.1, 0.15) is 5.82 Å². The summed E-state index contributed by atoms with van der Waals surface area (Å²) in [4.78, 5) is 30.8. The van der Waals surface area contributed by atoms with Crippen LogP contribution in [0.1, 0.15) is 52.3 Å². The van der Waals surface area contributed by atoms with E-state index in [2.05, 4.69) is 37.1 Å². The Morgan fingerprint density at radius 2 is 2.10 bits per heavy atom. The maximum atomic E-state index is 12.1. The fourth-order valence-electron chi connectivity index (χ4n) is 4.59. The van der Waals surface area contributed by atoms with Crippen LogP contribution in [0.2, 0.25) is 5.02 Å². The Kier molecular flexibility index (Phi) is 7.76. The second-order valence-electron chi connectivity index (χ2n) is 9.02. The summed E-state index contributed by atoms with van der Waals surface area (Å²) in [7, 11) is 0. The molecule has 168 valence electrons. The maximum absolute atomic E-state index is 12.1. The summed E-state index contributed by atoms with van der Waals surface area (Å²) >= 11 is 6.09. The summed E-state index contributed by atoms with van der Waals surface area (Å²) in [6.07, 6.45) is 4.88. The normalized spacial score (nSPS) is 21.3. The molecule has 7 heteroatoms. The van der Waals surface area contributed by atoms with Gasteiger partial charge in [0.2, 0.25) is 5.91 Å². The molecule has 2 aromatic rings. The number of allylic oxidation sites excluding steroid dienone is 1. The first kappa shape index (κ1) is 23.3. The number of nitrogens with zero attached hydrogens (tertiary/aromatic N) is 1. The lowest BCUT2D eigenvalue weighted by Gasteiger charge is -2.37. The minimum atomic E-state index is -0.864. The second-order valence-corrected chi connectivity index (χ2v) is 9.45. The van der Waals surface area contributed by atoms with Crippen molar-refractivity contribution in [1.82, 2.24) is 15.3 Å². The van der Waals surface area contributed by atoms with Crippen LogP contribution in [-0.2, 0) is 16.0 Å². The quantitative estimate of drug-likeness (QED) is 0.474. The Bertz CT molecular complexity index is 966. The van der Waals surface area contributed by atoms with Crippen LogP contribution in [0.3, 0.4) is 0 Å². The monoisotopic (exact) mass is 445 g/mol. The molecule has 1 aromatic heterocycles. The zero-order valence-corrected chi connectivity index (χ0v) is 19.2. The molecule has 1 aliphatic rings. The third kappa shape index (κ3) is 6.33. The number of carboxylic acids is 1. The number of carbonyl (C=O) groups is 2. The number of carboxylic acid groups (broad SMARTS) is 1. The summed E-state index contributed by atoms with van der Waals surface area (Å²) in [5.41, 5.74) is 3.23. The maximum Gasteiger partial charge on any atom is 0.303 e. The van der Waals surface area contributed by atoms with Gasteiger partial charge in [0.25, 0.3) is 0 Å². The number of hydrogen-bond donors (Lipinski definition) is 3. The summed E-state index contributed by atoms with van der Waals surface area (Å²) in [6.45, 7) is 7.24. The first-order valence-corrected chi connectivity index (χ1v) is 11.4. The molecule has 1 amide bonds. The Balaban J connectivity index is 1.64. The van der Waals surface area contributed by atoms with E-state index >= 15 is 0 Å². The van der Waals surface area contributed by atoms with E-state index in [1.165, 1.54) is 5.57 Å². The largest absolute Gasteiger partial charge is 0.481 e. The highest BCUT2D eigenvalue weighted by atomic mass is 35.5. The van der Waals surface area contributed by atoms with Crippen LogP contribution in [0.5, 0.6) is 0 Å². The van der Waals surface area contributed by atoms with Crippen LogP contribution in [0.25, 0.3) is 11.0 Å². The molecule has 0 spiro atoms. The molecule has 0 saturated carbocycles. The summed E-state index contributed by atoms with van der Waals surface area (Å²) in [5, 5.41) is 12.4. The van der Waals surface area contributed by atoms with Gasteiger partial charge in [-0.05, 0) is 61.6 Å². The Labute approximate surface area is 188 Å².